The molecule has 0 amide bonds. The van der Waals surface area contributed by atoms with E-state index in [1.54, 1.807) is 0 Å². The molecule has 2 unspecified atom stereocenters. The third-order valence-corrected chi connectivity index (χ3v) is 5.13. The summed E-state index contributed by atoms with van der Waals surface area (Å²) in [6, 6.07) is 0. The maximum absolute atomic E-state index is 11.4. The van der Waals surface area contributed by atoms with Crippen molar-refractivity contribution >= 4 is 5.97 Å². The van der Waals surface area contributed by atoms with E-state index in [-0.39, 0.29) is 12.0 Å². The van der Waals surface area contributed by atoms with Gasteiger partial charge in [-0.15, -0.1) is 0 Å². The van der Waals surface area contributed by atoms with Gasteiger partial charge in [-0.05, 0) is 19.8 Å². The third kappa shape index (κ3) is 15.4. The lowest BCUT2D eigenvalue weighted by Gasteiger charge is -2.20. The minimum Gasteiger partial charge on any atom is -0.481 e. The van der Waals surface area contributed by atoms with Gasteiger partial charge in [0.2, 0.25) is 0 Å². The average Bonchev–Trinajstić information content (AvgIpc) is 2.58. The first-order valence-electron chi connectivity index (χ1n) is 11.0. The lowest BCUT2D eigenvalue weighted by Crippen LogP contribution is -2.28. The van der Waals surface area contributed by atoms with Gasteiger partial charge in [-0.25, -0.2) is 0 Å². The molecule has 0 saturated carbocycles. The predicted octanol–water partition coefficient (Wildman–Crippen LogP) is 6.98. The molecule has 2 atom stereocenters. The molecule has 0 rings (SSSR count). The second kappa shape index (κ2) is 18.2. The van der Waals surface area contributed by atoms with Crippen LogP contribution in [0.3, 0.4) is 0 Å². The fourth-order valence-electron chi connectivity index (χ4n) is 3.29. The maximum atomic E-state index is 11.4. The summed E-state index contributed by atoms with van der Waals surface area (Å²) < 4.78 is 5.68. The smallest absolute Gasteiger partial charge is 0.309 e. The molecule has 0 aromatic carbocycles. The lowest BCUT2D eigenvalue weighted by molar-refractivity contribution is -0.147. The summed E-state index contributed by atoms with van der Waals surface area (Å²) in [4.78, 5) is 11.4. The largest absolute Gasteiger partial charge is 0.481 e. The van der Waals surface area contributed by atoms with Crippen LogP contribution in [0.15, 0.2) is 0 Å². The number of rotatable bonds is 19. The predicted molar refractivity (Wildman–Crippen MR) is 107 cm³/mol. The van der Waals surface area contributed by atoms with E-state index in [0.717, 1.165) is 32.1 Å². The zero-order valence-electron chi connectivity index (χ0n) is 17.2. The van der Waals surface area contributed by atoms with E-state index in [4.69, 9.17) is 4.74 Å². The van der Waals surface area contributed by atoms with E-state index in [1.165, 1.54) is 64.2 Å². The topological polar surface area (TPSA) is 46.5 Å². The van der Waals surface area contributed by atoms with Crippen molar-refractivity contribution in [2.75, 3.05) is 6.61 Å². The third-order valence-electron chi connectivity index (χ3n) is 5.13. The Morgan fingerprint density at radius 1 is 0.760 bits per heavy atom. The second-order valence-electron chi connectivity index (χ2n) is 7.55. The molecule has 0 aromatic rings. The first-order chi connectivity index (χ1) is 12.1. The number of hydrogen-bond acceptors (Lipinski definition) is 2. The minimum atomic E-state index is -0.702. The summed E-state index contributed by atoms with van der Waals surface area (Å²) in [5.74, 6) is -1.05. The summed E-state index contributed by atoms with van der Waals surface area (Å²) in [6.45, 7) is 6.98. The van der Waals surface area contributed by atoms with Crippen LogP contribution in [-0.4, -0.2) is 23.8 Å². The van der Waals surface area contributed by atoms with E-state index in [0.29, 0.717) is 6.61 Å². The number of carboxylic acid groups (broad SMARTS) is 1. The van der Waals surface area contributed by atoms with Gasteiger partial charge in [-0.3, -0.25) is 4.79 Å². The molecule has 3 nitrogen and oxygen atoms in total. The van der Waals surface area contributed by atoms with Gasteiger partial charge >= 0.3 is 5.97 Å². The summed E-state index contributed by atoms with van der Waals surface area (Å²) in [6.07, 6.45) is 18.4. The minimum absolute atomic E-state index is 0.170. The Labute approximate surface area is 156 Å². The molecule has 0 radical (unpaired) electrons. The van der Waals surface area contributed by atoms with Gasteiger partial charge in [0, 0.05) is 6.61 Å². The van der Waals surface area contributed by atoms with Gasteiger partial charge in [0.05, 0.1) is 12.0 Å². The van der Waals surface area contributed by atoms with Gasteiger partial charge in [-0.1, -0.05) is 97.3 Å². The molecule has 0 fully saturated rings. The highest BCUT2D eigenvalue weighted by Crippen LogP contribution is 2.19. The standard InChI is InChI=1S/C22H44O3/c1-4-6-8-9-10-11-12-13-14-15-16-17-18-21(22(23)24)20(3)25-19-7-5-2/h20-21H,4-19H2,1-3H3,(H,23,24). The molecule has 1 N–H and O–H groups in total. The van der Waals surface area contributed by atoms with Crippen LogP contribution in [0.2, 0.25) is 0 Å². The van der Waals surface area contributed by atoms with Crippen LogP contribution < -0.4 is 0 Å². The molecule has 150 valence electrons. The quantitative estimate of drug-likeness (QED) is 0.254. The number of ether oxygens (including phenoxy) is 1. The molecule has 0 aliphatic carbocycles. The Bertz CT molecular complexity index is 291. The van der Waals surface area contributed by atoms with E-state index >= 15 is 0 Å². The number of aliphatic carboxylic acids is 1. The molecule has 0 aromatic heterocycles. The maximum Gasteiger partial charge on any atom is 0.309 e. The molecule has 0 spiro atoms. The van der Waals surface area contributed by atoms with Crippen LogP contribution in [0.5, 0.6) is 0 Å². The molecule has 0 heterocycles. The SMILES string of the molecule is CCCCCCCCCCCCCCC(C(=O)O)C(C)OCCCC. The summed E-state index contributed by atoms with van der Waals surface area (Å²) in [5.41, 5.74) is 0. The van der Waals surface area contributed by atoms with Crippen molar-refractivity contribution in [3.8, 4) is 0 Å². The molecular weight excluding hydrogens is 312 g/mol. The molecule has 25 heavy (non-hydrogen) atoms. The van der Waals surface area contributed by atoms with Crippen molar-refractivity contribution in [2.45, 2.75) is 123 Å². The van der Waals surface area contributed by atoms with Gasteiger partial charge in [0.15, 0.2) is 0 Å². The first kappa shape index (κ1) is 24.4. The highest BCUT2D eigenvalue weighted by atomic mass is 16.5. The number of carbonyl (C=O) groups is 1. The first-order valence-corrected chi connectivity index (χ1v) is 11.0. The summed E-state index contributed by atoms with van der Waals surface area (Å²) in [5, 5.41) is 9.40. The van der Waals surface area contributed by atoms with Gasteiger partial charge in [-0.2, -0.15) is 0 Å². The van der Waals surface area contributed by atoms with Crippen LogP contribution >= 0.6 is 0 Å². The average molecular weight is 357 g/mol. The normalized spacial score (nSPS) is 13.7. The fraction of sp³-hybridized carbons (Fsp3) is 0.955. The molecular formula is C22H44O3. The fourth-order valence-corrected chi connectivity index (χ4v) is 3.29. The highest BCUT2D eigenvalue weighted by Gasteiger charge is 2.24. The van der Waals surface area contributed by atoms with E-state index in [9.17, 15) is 9.90 Å². The Morgan fingerprint density at radius 3 is 1.64 bits per heavy atom. The Hall–Kier alpha value is -0.570. The molecule has 3 heteroatoms. The molecule has 0 bridgehead atoms. The monoisotopic (exact) mass is 356 g/mol. The second-order valence-corrected chi connectivity index (χ2v) is 7.55. The van der Waals surface area contributed by atoms with Crippen molar-refractivity contribution in [2.24, 2.45) is 5.92 Å². The van der Waals surface area contributed by atoms with Crippen molar-refractivity contribution in [1.29, 1.82) is 0 Å². The van der Waals surface area contributed by atoms with Gasteiger partial charge in [0.25, 0.3) is 0 Å². The molecule has 0 aliphatic rings. The van der Waals surface area contributed by atoms with Gasteiger partial charge in [0.1, 0.15) is 0 Å². The van der Waals surface area contributed by atoms with Crippen LogP contribution in [-0.2, 0) is 9.53 Å². The van der Waals surface area contributed by atoms with Crippen molar-refractivity contribution in [3.63, 3.8) is 0 Å². The van der Waals surface area contributed by atoms with E-state index < -0.39 is 5.97 Å². The van der Waals surface area contributed by atoms with E-state index in [1.807, 2.05) is 6.92 Å². The van der Waals surface area contributed by atoms with Crippen LogP contribution in [0.4, 0.5) is 0 Å². The van der Waals surface area contributed by atoms with E-state index in [2.05, 4.69) is 13.8 Å². The Kier molecular flexibility index (Phi) is 17.8. The highest BCUT2D eigenvalue weighted by molar-refractivity contribution is 5.70. The lowest BCUT2D eigenvalue weighted by atomic mass is 9.95. The summed E-state index contributed by atoms with van der Waals surface area (Å²) in [7, 11) is 0. The van der Waals surface area contributed by atoms with Crippen molar-refractivity contribution < 1.29 is 14.6 Å². The zero-order chi connectivity index (χ0) is 18.8. The molecule has 0 saturated heterocycles. The van der Waals surface area contributed by atoms with Crippen molar-refractivity contribution in [1.82, 2.24) is 0 Å². The van der Waals surface area contributed by atoms with Crippen LogP contribution in [0.1, 0.15) is 117 Å². The molecule has 0 aliphatic heterocycles. The summed E-state index contributed by atoms with van der Waals surface area (Å²) >= 11 is 0. The van der Waals surface area contributed by atoms with Crippen molar-refractivity contribution in [3.05, 3.63) is 0 Å². The van der Waals surface area contributed by atoms with Crippen LogP contribution in [0, 0.1) is 5.92 Å². The number of unbranched alkanes of at least 4 members (excludes halogenated alkanes) is 12. The van der Waals surface area contributed by atoms with Gasteiger partial charge < -0.3 is 9.84 Å². The number of hydrogen-bond donors (Lipinski definition) is 1. The van der Waals surface area contributed by atoms with Crippen LogP contribution in [0.25, 0.3) is 0 Å². The number of carboxylic acids is 1. The zero-order valence-corrected chi connectivity index (χ0v) is 17.2. The Morgan fingerprint density at radius 2 is 1.20 bits per heavy atom. The Balaban J connectivity index is 3.55.